The third-order valence-corrected chi connectivity index (χ3v) is 5.65. The van der Waals surface area contributed by atoms with Gasteiger partial charge in [0.25, 0.3) is 11.8 Å². The van der Waals surface area contributed by atoms with E-state index in [0.717, 1.165) is 19.1 Å². The van der Waals surface area contributed by atoms with E-state index in [1.165, 1.54) is 12.1 Å². The Labute approximate surface area is 185 Å². The van der Waals surface area contributed by atoms with Crippen molar-refractivity contribution in [2.75, 3.05) is 14.2 Å². The summed E-state index contributed by atoms with van der Waals surface area (Å²) in [4.78, 5) is 65.1. The highest BCUT2D eigenvalue weighted by Crippen LogP contribution is 2.32. The van der Waals surface area contributed by atoms with Crippen LogP contribution in [0.4, 0.5) is 0 Å². The van der Waals surface area contributed by atoms with Crippen LogP contribution >= 0.6 is 0 Å². The second kappa shape index (κ2) is 9.55. The Kier molecular flexibility index (Phi) is 6.82. The van der Waals surface area contributed by atoms with Crippen LogP contribution < -0.4 is 0 Å². The van der Waals surface area contributed by atoms with Gasteiger partial charge in [-0.3, -0.25) is 28.9 Å². The van der Waals surface area contributed by atoms with Crippen LogP contribution in [-0.2, 0) is 19.1 Å². The molecule has 1 aliphatic rings. The van der Waals surface area contributed by atoms with Crippen molar-refractivity contribution in [3.8, 4) is 0 Å². The van der Waals surface area contributed by atoms with E-state index in [2.05, 4.69) is 0 Å². The molecule has 0 saturated carbocycles. The van der Waals surface area contributed by atoms with Crippen LogP contribution in [-0.4, -0.2) is 54.7 Å². The van der Waals surface area contributed by atoms with E-state index in [0.29, 0.717) is 5.56 Å². The zero-order chi connectivity index (χ0) is 23.4. The summed E-state index contributed by atoms with van der Waals surface area (Å²) in [5.41, 5.74) is 0.790. The van der Waals surface area contributed by atoms with E-state index < -0.39 is 41.6 Å². The Morgan fingerprint density at radius 1 is 0.812 bits per heavy atom. The second-order valence-electron chi connectivity index (χ2n) is 7.45. The van der Waals surface area contributed by atoms with Crippen molar-refractivity contribution < 1.29 is 33.4 Å². The van der Waals surface area contributed by atoms with Crippen LogP contribution in [0, 0.1) is 11.8 Å². The van der Waals surface area contributed by atoms with Gasteiger partial charge in [0.2, 0.25) is 0 Å². The molecule has 2 aromatic carbocycles. The third kappa shape index (κ3) is 4.16. The van der Waals surface area contributed by atoms with E-state index >= 15 is 0 Å². The number of Topliss-reactive ketones (excluding diaryl/α,β-unsaturated/α-hetero) is 1. The molecule has 0 aromatic heterocycles. The fraction of sp³-hybridized carbons (Fsp3) is 0.292. The van der Waals surface area contributed by atoms with Gasteiger partial charge < -0.3 is 9.47 Å². The Morgan fingerprint density at radius 3 is 1.75 bits per heavy atom. The maximum Gasteiger partial charge on any atom is 0.320 e. The van der Waals surface area contributed by atoms with Gasteiger partial charge in [0.1, 0.15) is 0 Å². The van der Waals surface area contributed by atoms with Crippen LogP contribution in [0.25, 0.3) is 0 Å². The Hall–Kier alpha value is -3.81. The van der Waals surface area contributed by atoms with E-state index in [9.17, 15) is 24.0 Å². The quantitative estimate of drug-likeness (QED) is 0.270. The summed E-state index contributed by atoms with van der Waals surface area (Å²) in [7, 11) is 2.24. The summed E-state index contributed by atoms with van der Waals surface area (Å²) in [6.45, 7) is 1.56. The van der Waals surface area contributed by atoms with Gasteiger partial charge >= 0.3 is 11.9 Å². The summed E-state index contributed by atoms with van der Waals surface area (Å²) in [6, 6.07) is 13.6. The first-order valence-corrected chi connectivity index (χ1v) is 10.0. The minimum Gasteiger partial charge on any atom is -0.468 e. The number of hydrogen-bond acceptors (Lipinski definition) is 7. The molecule has 32 heavy (non-hydrogen) atoms. The molecular weight excluding hydrogens is 414 g/mol. The number of carbonyl (C=O) groups is 5. The van der Waals surface area contributed by atoms with Gasteiger partial charge in [-0.05, 0) is 18.6 Å². The standard InChI is InChI=1S/C24H23NO7/c1-14(20(26)15-9-5-4-6-10-15)19(13-18(23(29)31-2)24(30)32-3)25-21(27)16-11-7-8-12-17(16)22(25)28/h4-12,14,18-19H,13H2,1-3H3/t14-,19+/m1/s1. The number of rotatable bonds is 8. The minimum absolute atomic E-state index is 0.203. The molecule has 0 spiro atoms. The SMILES string of the molecule is COC(=O)C(C[C@@H]([C@@H](C)C(=O)c1ccccc1)N1C(=O)c2ccccc2C1=O)C(=O)OC. The van der Waals surface area contributed by atoms with Crippen molar-refractivity contribution >= 4 is 29.5 Å². The molecule has 0 aliphatic carbocycles. The molecule has 2 atom stereocenters. The van der Waals surface area contributed by atoms with Gasteiger partial charge in [0, 0.05) is 11.5 Å². The number of fused-ring (bicyclic) bond motifs is 1. The van der Waals surface area contributed by atoms with Gasteiger partial charge in [-0.1, -0.05) is 49.4 Å². The monoisotopic (exact) mass is 437 g/mol. The molecular formula is C24H23NO7. The summed E-state index contributed by atoms with van der Waals surface area (Å²) in [5.74, 6) is -5.58. The molecule has 3 rings (SSSR count). The molecule has 0 saturated heterocycles. The van der Waals surface area contributed by atoms with Gasteiger partial charge in [-0.25, -0.2) is 0 Å². The smallest absolute Gasteiger partial charge is 0.320 e. The van der Waals surface area contributed by atoms with E-state index in [-0.39, 0.29) is 23.3 Å². The zero-order valence-electron chi connectivity index (χ0n) is 17.9. The number of ketones is 1. The average molecular weight is 437 g/mol. The van der Waals surface area contributed by atoms with Crippen molar-refractivity contribution in [2.45, 2.75) is 19.4 Å². The molecule has 0 unspecified atom stereocenters. The average Bonchev–Trinajstić information content (AvgIpc) is 3.08. The second-order valence-corrected chi connectivity index (χ2v) is 7.45. The molecule has 8 nitrogen and oxygen atoms in total. The van der Waals surface area contributed by atoms with E-state index in [1.54, 1.807) is 49.4 Å². The van der Waals surface area contributed by atoms with E-state index in [4.69, 9.17) is 9.47 Å². The molecule has 8 heteroatoms. The first-order chi connectivity index (χ1) is 15.3. The molecule has 1 aliphatic heterocycles. The van der Waals surface area contributed by atoms with Crippen LogP contribution in [0.5, 0.6) is 0 Å². The van der Waals surface area contributed by atoms with Gasteiger partial charge in [0.15, 0.2) is 11.7 Å². The number of ether oxygens (including phenoxy) is 2. The number of methoxy groups -OCH3 is 2. The summed E-state index contributed by atoms with van der Waals surface area (Å²) in [6.07, 6.45) is -0.315. The maximum atomic E-state index is 13.2. The lowest BCUT2D eigenvalue weighted by Crippen LogP contribution is -2.48. The van der Waals surface area contributed by atoms with Crippen molar-refractivity contribution in [3.63, 3.8) is 0 Å². The molecule has 2 amide bonds. The fourth-order valence-corrected chi connectivity index (χ4v) is 3.90. The number of esters is 2. The Balaban J connectivity index is 2.04. The predicted molar refractivity (Wildman–Crippen MR) is 113 cm³/mol. The molecule has 0 bridgehead atoms. The molecule has 0 N–H and O–H groups in total. The highest BCUT2D eigenvalue weighted by Gasteiger charge is 2.46. The highest BCUT2D eigenvalue weighted by atomic mass is 16.5. The van der Waals surface area contributed by atoms with Crippen LogP contribution in [0.3, 0.4) is 0 Å². The molecule has 166 valence electrons. The minimum atomic E-state index is -1.41. The molecule has 1 heterocycles. The maximum absolute atomic E-state index is 13.2. The predicted octanol–water partition coefficient (Wildman–Crippen LogP) is 2.52. The van der Waals surface area contributed by atoms with Gasteiger partial charge in [-0.2, -0.15) is 0 Å². The summed E-state index contributed by atoms with van der Waals surface area (Å²) in [5, 5.41) is 0. The van der Waals surface area contributed by atoms with Crippen LogP contribution in [0.15, 0.2) is 54.6 Å². The first kappa shape index (κ1) is 22.9. The topological polar surface area (TPSA) is 107 Å². The zero-order valence-corrected chi connectivity index (χ0v) is 17.9. The number of nitrogens with zero attached hydrogens (tertiary/aromatic N) is 1. The highest BCUT2D eigenvalue weighted by molar-refractivity contribution is 6.21. The lowest BCUT2D eigenvalue weighted by Gasteiger charge is -2.32. The number of hydrogen-bond donors (Lipinski definition) is 0. The molecule has 0 fully saturated rings. The van der Waals surface area contributed by atoms with Crippen LogP contribution in [0.2, 0.25) is 0 Å². The number of benzene rings is 2. The third-order valence-electron chi connectivity index (χ3n) is 5.65. The number of amides is 2. The van der Waals surface area contributed by atoms with Crippen molar-refractivity contribution in [1.29, 1.82) is 0 Å². The van der Waals surface area contributed by atoms with Crippen molar-refractivity contribution in [3.05, 3.63) is 71.3 Å². The van der Waals surface area contributed by atoms with Crippen molar-refractivity contribution in [1.82, 2.24) is 4.90 Å². The molecule has 0 radical (unpaired) electrons. The Morgan fingerprint density at radius 2 is 1.28 bits per heavy atom. The largest absolute Gasteiger partial charge is 0.468 e. The summed E-state index contributed by atoms with van der Waals surface area (Å²) < 4.78 is 9.45. The normalized spacial score (nSPS) is 14.7. The first-order valence-electron chi connectivity index (χ1n) is 10.0. The lowest BCUT2D eigenvalue weighted by atomic mass is 9.85. The number of imide groups is 1. The van der Waals surface area contributed by atoms with Crippen LogP contribution in [0.1, 0.15) is 44.4 Å². The molecule has 2 aromatic rings. The van der Waals surface area contributed by atoms with Gasteiger partial charge in [-0.15, -0.1) is 0 Å². The summed E-state index contributed by atoms with van der Waals surface area (Å²) >= 11 is 0. The van der Waals surface area contributed by atoms with Gasteiger partial charge in [0.05, 0.1) is 31.4 Å². The Bertz CT molecular complexity index is 1010. The fourth-order valence-electron chi connectivity index (χ4n) is 3.90. The lowest BCUT2D eigenvalue weighted by molar-refractivity contribution is -0.159. The van der Waals surface area contributed by atoms with E-state index in [1.807, 2.05) is 0 Å². The van der Waals surface area contributed by atoms with Crippen molar-refractivity contribution in [2.24, 2.45) is 11.8 Å². The number of carbonyl (C=O) groups excluding carboxylic acids is 5.